The highest BCUT2D eigenvalue weighted by atomic mass is 16.2. The van der Waals surface area contributed by atoms with Gasteiger partial charge in [0.15, 0.2) is 0 Å². The lowest BCUT2D eigenvalue weighted by Gasteiger charge is -2.26. The van der Waals surface area contributed by atoms with Crippen molar-refractivity contribution in [3.05, 3.63) is 40.8 Å². The average molecular weight is 342 g/mol. The number of aryl methyl sites for hydroxylation is 1. The molecule has 1 fully saturated rings. The number of likely N-dealkylation sites (tertiary alicyclic amines) is 1. The van der Waals surface area contributed by atoms with Gasteiger partial charge in [0.25, 0.3) is 5.56 Å². The summed E-state index contributed by atoms with van der Waals surface area (Å²) in [4.78, 5) is 26.8. The van der Waals surface area contributed by atoms with E-state index in [0.717, 1.165) is 18.4 Å². The van der Waals surface area contributed by atoms with Gasteiger partial charge in [-0.2, -0.15) is 0 Å². The van der Waals surface area contributed by atoms with Crippen molar-refractivity contribution in [3.63, 3.8) is 0 Å². The maximum atomic E-state index is 12.2. The van der Waals surface area contributed by atoms with Crippen molar-refractivity contribution >= 4 is 22.5 Å². The van der Waals surface area contributed by atoms with Crippen LogP contribution < -0.4 is 16.2 Å². The number of aromatic nitrogens is 1. The number of amides is 2. The Bertz CT molecular complexity index is 794. The van der Waals surface area contributed by atoms with Gasteiger partial charge in [-0.05, 0) is 45.0 Å². The minimum atomic E-state index is -0.234. The van der Waals surface area contributed by atoms with Gasteiger partial charge in [-0.15, -0.1) is 0 Å². The van der Waals surface area contributed by atoms with Gasteiger partial charge in [0.1, 0.15) is 0 Å². The lowest BCUT2D eigenvalue weighted by molar-refractivity contribution is 0.224. The molecule has 0 saturated carbocycles. The monoisotopic (exact) mass is 342 g/mol. The number of benzene rings is 1. The SMILES string of the molecule is Cn1cc(NC(=O)NCCCN2CCCCC2)c2ccccc2c1=O. The summed E-state index contributed by atoms with van der Waals surface area (Å²) in [5, 5.41) is 7.14. The van der Waals surface area contributed by atoms with E-state index in [-0.39, 0.29) is 11.6 Å². The van der Waals surface area contributed by atoms with E-state index in [1.165, 1.54) is 36.9 Å². The second-order valence-corrected chi connectivity index (χ2v) is 6.64. The van der Waals surface area contributed by atoms with E-state index < -0.39 is 0 Å². The van der Waals surface area contributed by atoms with Gasteiger partial charge in [0.05, 0.1) is 5.69 Å². The molecular weight excluding hydrogens is 316 g/mol. The van der Waals surface area contributed by atoms with E-state index in [0.29, 0.717) is 17.6 Å². The van der Waals surface area contributed by atoms with Gasteiger partial charge in [0, 0.05) is 30.6 Å². The van der Waals surface area contributed by atoms with Crippen molar-refractivity contribution in [3.8, 4) is 0 Å². The van der Waals surface area contributed by atoms with Crippen LogP contribution in [-0.4, -0.2) is 41.7 Å². The number of nitrogens with zero attached hydrogens (tertiary/aromatic N) is 2. The number of hydrogen-bond donors (Lipinski definition) is 2. The third-order valence-electron chi connectivity index (χ3n) is 4.72. The van der Waals surface area contributed by atoms with Gasteiger partial charge < -0.3 is 20.1 Å². The first-order chi connectivity index (χ1) is 12.1. The number of carbonyl (C=O) groups is 1. The molecule has 0 unspecified atom stereocenters. The van der Waals surface area contributed by atoms with E-state index in [9.17, 15) is 9.59 Å². The zero-order valence-corrected chi connectivity index (χ0v) is 14.8. The van der Waals surface area contributed by atoms with E-state index >= 15 is 0 Å². The molecule has 0 bridgehead atoms. The Kier molecular flexibility index (Phi) is 5.71. The molecule has 3 rings (SSSR count). The zero-order chi connectivity index (χ0) is 17.6. The number of nitrogens with one attached hydrogen (secondary N) is 2. The lowest BCUT2D eigenvalue weighted by atomic mass is 10.1. The first-order valence-corrected chi connectivity index (χ1v) is 9.01. The number of carbonyl (C=O) groups excluding carboxylic acids is 1. The summed E-state index contributed by atoms with van der Waals surface area (Å²) in [6.07, 6.45) is 6.52. The van der Waals surface area contributed by atoms with Crippen LogP contribution in [0, 0.1) is 0 Å². The standard InChI is InChI=1S/C19H26N4O2/c1-22-14-17(15-8-3-4-9-16(15)18(22)24)21-19(25)20-10-7-13-23-11-5-2-6-12-23/h3-4,8-9,14H,2,5-7,10-13H2,1H3,(H2,20,21,25). The number of fused-ring (bicyclic) bond motifs is 1. The highest BCUT2D eigenvalue weighted by Crippen LogP contribution is 2.19. The number of piperidine rings is 1. The van der Waals surface area contributed by atoms with Crippen LogP contribution in [0.25, 0.3) is 10.8 Å². The first kappa shape index (κ1) is 17.5. The predicted octanol–water partition coefficient (Wildman–Crippen LogP) is 2.54. The third-order valence-corrected chi connectivity index (χ3v) is 4.72. The van der Waals surface area contributed by atoms with E-state index in [2.05, 4.69) is 15.5 Å². The van der Waals surface area contributed by atoms with E-state index in [4.69, 9.17) is 0 Å². The highest BCUT2D eigenvalue weighted by Gasteiger charge is 2.11. The molecule has 6 nitrogen and oxygen atoms in total. The van der Waals surface area contributed by atoms with Crippen molar-refractivity contribution in [1.82, 2.24) is 14.8 Å². The number of hydrogen-bond acceptors (Lipinski definition) is 3. The summed E-state index contributed by atoms with van der Waals surface area (Å²) in [5.74, 6) is 0. The fraction of sp³-hybridized carbons (Fsp3) is 0.474. The topological polar surface area (TPSA) is 66.4 Å². The molecule has 1 aromatic carbocycles. The largest absolute Gasteiger partial charge is 0.338 e. The minimum absolute atomic E-state index is 0.0666. The molecule has 0 aliphatic carbocycles. The van der Waals surface area contributed by atoms with Crippen LogP contribution >= 0.6 is 0 Å². The molecule has 0 radical (unpaired) electrons. The molecule has 2 heterocycles. The van der Waals surface area contributed by atoms with Crippen LogP contribution in [0.15, 0.2) is 35.3 Å². The number of pyridine rings is 1. The minimum Gasteiger partial charge on any atom is -0.338 e. The Morgan fingerprint density at radius 1 is 1.12 bits per heavy atom. The Morgan fingerprint density at radius 3 is 2.60 bits per heavy atom. The Labute approximate surface area is 147 Å². The van der Waals surface area contributed by atoms with Crippen LogP contribution in [0.3, 0.4) is 0 Å². The average Bonchev–Trinajstić information content (AvgIpc) is 2.64. The van der Waals surface area contributed by atoms with Crippen molar-refractivity contribution in [2.75, 3.05) is 31.5 Å². The molecule has 1 saturated heterocycles. The van der Waals surface area contributed by atoms with Gasteiger partial charge in [-0.1, -0.05) is 24.6 Å². The molecule has 2 amide bonds. The maximum absolute atomic E-state index is 12.2. The van der Waals surface area contributed by atoms with Gasteiger partial charge >= 0.3 is 6.03 Å². The Balaban J connectivity index is 1.55. The molecule has 0 atom stereocenters. The molecule has 2 N–H and O–H groups in total. The van der Waals surface area contributed by atoms with Crippen LogP contribution in [0.5, 0.6) is 0 Å². The maximum Gasteiger partial charge on any atom is 0.319 e. The van der Waals surface area contributed by atoms with Gasteiger partial charge in [0.2, 0.25) is 0 Å². The molecule has 25 heavy (non-hydrogen) atoms. The summed E-state index contributed by atoms with van der Waals surface area (Å²) < 4.78 is 1.49. The summed E-state index contributed by atoms with van der Waals surface area (Å²) in [7, 11) is 1.69. The van der Waals surface area contributed by atoms with Crippen LogP contribution in [0.2, 0.25) is 0 Å². The summed E-state index contributed by atoms with van der Waals surface area (Å²) in [5.41, 5.74) is 0.578. The Morgan fingerprint density at radius 2 is 1.84 bits per heavy atom. The van der Waals surface area contributed by atoms with E-state index in [1.807, 2.05) is 18.2 Å². The molecule has 1 aromatic heterocycles. The van der Waals surface area contributed by atoms with Crippen molar-refractivity contribution in [2.24, 2.45) is 7.05 Å². The summed E-state index contributed by atoms with van der Waals surface area (Å²) in [6.45, 7) is 4.03. The highest BCUT2D eigenvalue weighted by molar-refractivity contribution is 6.00. The molecule has 0 spiro atoms. The number of anilines is 1. The van der Waals surface area contributed by atoms with Crippen LogP contribution in [0.1, 0.15) is 25.7 Å². The molecule has 134 valence electrons. The van der Waals surface area contributed by atoms with E-state index in [1.54, 1.807) is 19.3 Å². The zero-order valence-electron chi connectivity index (χ0n) is 14.8. The van der Waals surface area contributed by atoms with Crippen LogP contribution in [-0.2, 0) is 7.05 Å². The molecule has 1 aliphatic rings. The van der Waals surface area contributed by atoms with Crippen molar-refractivity contribution in [1.29, 1.82) is 0 Å². The molecule has 6 heteroatoms. The lowest BCUT2D eigenvalue weighted by Crippen LogP contribution is -2.34. The Hall–Kier alpha value is -2.34. The van der Waals surface area contributed by atoms with Gasteiger partial charge in [-0.25, -0.2) is 4.79 Å². The fourth-order valence-electron chi connectivity index (χ4n) is 3.37. The van der Waals surface area contributed by atoms with Crippen LogP contribution in [0.4, 0.5) is 10.5 Å². The number of urea groups is 1. The van der Waals surface area contributed by atoms with Crippen molar-refractivity contribution < 1.29 is 4.79 Å². The smallest absolute Gasteiger partial charge is 0.319 e. The second-order valence-electron chi connectivity index (χ2n) is 6.64. The molecule has 2 aromatic rings. The fourth-order valence-corrected chi connectivity index (χ4v) is 3.37. The third kappa shape index (κ3) is 4.39. The summed E-state index contributed by atoms with van der Waals surface area (Å²) in [6, 6.07) is 7.09. The number of rotatable bonds is 5. The summed E-state index contributed by atoms with van der Waals surface area (Å²) >= 11 is 0. The predicted molar refractivity (Wildman–Crippen MR) is 101 cm³/mol. The normalized spacial score (nSPS) is 15.2. The second kappa shape index (κ2) is 8.16. The van der Waals surface area contributed by atoms with Crippen molar-refractivity contribution in [2.45, 2.75) is 25.7 Å². The van der Waals surface area contributed by atoms with Gasteiger partial charge in [-0.3, -0.25) is 4.79 Å². The quantitative estimate of drug-likeness (QED) is 0.821. The molecular formula is C19H26N4O2. The molecule has 1 aliphatic heterocycles. The first-order valence-electron chi connectivity index (χ1n) is 9.01.